The number of rotatable bonds is 2. The Kier molecular flexibility index (Phi) is 2.42. The van der Waals surface area contributed by atoms with E-state index < -0.39 is 0 Å². The number of aldehydes is 1. The molecular formula is C12H11ClN2O2. The van der Waals surface area contributed by atoms with Crippen molar-refractivity contribution in [1.82, 2.24) is 9.55 Å². The number of ether oxygens (including phenoxy) is 1. The summed E-state index contributed by atoms with van der Waals surface area (Å²) in [4.78, 5) is 15.4. The van der Waals surface area contributed by atoms with Crippen molar-refractivity contribution in [1.29, 1.82) is 0 Å². The van der Waals surface area contributed by atoms with Crippen LogP contribution < -0.4 is 0 Å². The van der Waals surface area contributed by atoms with E-state index in [9.17, 15) is 4.79 Å². The van der Waals surface area contributed by atoms with Gasteiger partial charge in [-0.1, -0.05) is 11.6 Å². The van der Waals surface area contributed by atoms with Gasteiger partial charge in [-0.15, -0.1) is 0 Å². The van der Waals surface area contributed by atoms with Crippen LogP contribution in [-0.4, -0.2) is 29.1 Å². The fraction of sp³-hybridized carbons (Fsp3) is 0.333. The van der Waals surface area contributed by atoms with Crippen LogP contribution in [0.5, 0.6) is 0 Å². The molecule has 0 N–H and O–H groups in total. The Labute approximate surface area is 103 Å². The molecular weight excluding hydrogens is 240 g/mol. The van der Waals surface area contributed by atoms with Crippen molar-refractivity contribution >= 4 is 28.9 Å². The third-order valence-corrected chi connectivity index (χ3v) is 3.66. The van der Waals surface area contributed by atoms with E-state index in [1.54, 1.807) is 12.3 Å². The van der Waals surface area contributed by atoms with Gasteiger partial charge < -0.3 is 9.30 Å². The highest BCUT2D eigenvalue weighted by Gasteiger charge is 2.27. The van der Waals surface area contributed by atoms with E-state index in [1.165, 1.54) is 0 Å². The van der Waals surface area contributed by atoms with Gasteiger partial charge in [0.1, 0.15) is 5.65 Å². The molecule has 17 heavy (non-hydrogen) atoms. The fourth-order valence-corrected chi connectivity index (χ4v) is 2.52. The fourth-order valence-electron chi connectivity index (χ4n) is 2.24. The highest BCUT2D eigenvalue weighted by atomic mass is 35.5. The molecule has 5 heteroatoms. The van der Waals surface area contributed by atoms with Gasteiger partial charge in [-0.3, -0.25) is 4.79 Å². The van der Waals surface area contributed by atoms with Gasteiger partial charge in [0.05, 0.1) is 24.3 Å². The van der Waals surface area contributed by atoms with Crippen LogP contribution in [0.15, 0.2) is 12.3 Å². The van der Waals surface area contributed by atoms with Gasteiger partial charge in [0.25, 0.3) is 0 Å². The number of hydrogen-bond acceptors (Lipinski definition) is 3. The van der Waals surface area contributed by atoms with Crippen molar-refractivity contribution in [2.45, 2.75) is 13.0 Å². The number of hydrogen-bond donors (Lipinski definition) is 0. The molecule has 0 saturated carbocycles. The van der Waals surface area contributed by atoms with E-state index in [1.807, 2.05) is 6.92 Å². The Bertz CT molecular complexity index is 602. The van der Waals surface area contributed by atoms with Gasteiger partial charge in [-0.25, -0.2) is 4.98 Å². The normalized spacial score (nSPS) is 16.1. The smallest absolute Gasteiger partial charge is 0.150 e. The molecule has 0 bridgehead atoms. The zero-order valence-electron chi connectivity index (χ0n) is 9.31. The van der Waals surface area contributed by atoms with Gasteiger partial charge in [0.2, 0.25) is 0 Å². The molecule has 2 aromatic rings. The average molecular weight is 251 g/mol. The second-order valence-corrected chi connectivity index (χ2v) is 4.56. The minimum Gasteiger partial charge on any atom is -0.377 e. The average Bonchev–Trinajstić information content (AvgIpc) is 2.53. The first-order valence-electron chi connectivity index (χ1n) is 5.42. The third-order valence-electron chi connectivity index (χ3n) is 3.20. The molecule has 1 aliphatic heterocycles. The largest absolute Gasteiger partial charge is 0.377 e. The molecule has 0 spiro atoms. The maximum atomic E-state index is 11.0. The summed E-state index contributed by atoms with van der Waals surface area (Å²) in [7, 11) is 0. The number of aromatic nitrogens is 2. The first kappa shape index (κ1) is 10.7. The lowest BCUT2D eigenvalue weighted by molar-refractivity contribution is -0.0223. The molecule has 2 aromatic heterocycles. The minimum absolute atomic E-state index is 0.277. The van der Waals surface area contributed by atoms with E-state index in [2.05, 4.69) is 9.55 Å². The standard InChI is InChI=1S/C12H11ClN2O2/c1-7-11(13)10-8(4-16)2-3-14-12(10)15(7)9-5-17-6-9/h2-4,9H,5-6H2,1H3. The summed E-state index contributed by atoms with van der Waals surface area (Å²) < 4.78 is 7.26. The van der Waals surface area contributed by atoms with E-state index in [0.717, 1.165) is 23.0 Å². The van der Waals surface area contributed by atoms with E-state index >= 15 is 0 Å². The van der Waals surface area contributed by atoms with E-state index in [-0.39, 0.29) is 6.04 Å². The number of fused-ring (bicyclic) bond motifs is 1. The molecule has 0 atom stereocenters. The van der Waals surface area contributed by atoms with Crippen LogP contribution >= 0.6 is 11.6 Å². The van der Waals surface area contributed by atoms with E-state index in [4.69, 9.17) is 16.3 Å². The highest BCUT2D eigenvalue weighted by Crippen LogP contribution is 2.35. The Morgan fingerprint density at radius 1 is 1.59 bits per heavy atom. The lowest BCUT2D eigenvalue weighted by atomic mass is 10.2. The molecule has 1 saturated heterocycles. The van der Waals surface area contributed by atoms with Crippen LogP contribution in [0.1, 0.15) is 22.1 Å². The summed E-state index contributed by atoms with van der Waals surface area (Å²) in [6.45, 7) is 3.29. The van der Waals surface area contributed by atoms with Gasteiger partial charge in [-0.2, -0.15) is 0 Å². The predicted molar refractivity (Wildman–Crippen MR) is 64.7 cm³/mol. The topological polar surface area (TPSA) is 44.1 Å². The number of carbonyl (C=O) groups is 1. The Morgan fingerprint density at radius 2 is 2.35 bits per heavy atom. The van der Waals surface area contributed by atoms with Crippen molar-refractivity contribution < 1.29 is 9.53 Å². The SMILES string of the molecule is Cc1c(Cl)c2c(C=O)ccnc2n1C1COC1. The summed E-state index contributed by atoms with van der Waals surface area (Å²) in [5, 5.41) is 1.36. The lowest BCUT2D eigenvalue weighted by Crippen LogP contribution is -2.31. The summed E-state index contributed by atoms with van der Waals surface area (Å²) in [6.07, 6.45) is 2.45. The molecule has 0 unspecified atom stereocenters. The van der Waals surface area contributed by atoms with E-state index in [0.29, 0.717) is 23.8 Å². The van der Waals surface area contributed by atoms with Crippen molar-refractivity contribution in [3.63, 3.8) is 0 Å². The second-order valence-electron chi connectivity index (χ2n) is 4.18. The van der Waals surface area contributed by atoms with Crippen LogP contribution in [-0.2, 0) is 4.74 Å². The van der Waals surface area contributed by atoms with Gasteiger partial charge in [0, 0.05) is 22.8 Å². The molecule has 1 aliphatic rings. The molecule has 3 rings (SSSR count). The van der Waals surface area contributed by atoms with Gasteiger partial charge >= 0.3 is 0 Å². The molecule has 88 valence electrons. The second kappa shape index (κ2) is 3.82. The molecule has 3 heterocycles. The number of nitrogens with zero attached hydrogens (tertiary/aromatic N) is 2. The van der Waals surface area contributed by atoms with Crippen LogP contribution in [0.3, 0.4) is 0 Å². The first-order chi connectivity index (χ1) is 8.24. The monoisotopic (exact) mass is 250 g/mol. The number of halogens is 1. The molecule has 4 nitrogen and oxygen atoms in total. The summed E-state index contributed by atoms with van der Waals surface area (Å²) in [6, 6.07) is 1.96. The van der Waals surface area contributed by atoms with Crippen molar-refractivity contribution in [3.05, 3.63) is 28.5 Å². The van der Waals surface area contributed by atoms with Gasteiger partial charge in [-0.05, 0) is 13.0 Å². The zero-order chi connectivity index (χ0) is 12.0. The molecule has 1 fully saturated rings. The lowest BCUT2D eigenvalue weighted by Gasteiger charge is -2.29. The molecule has 0 aliphatic carbocycles. The van der Waals surface area contributed by atoms with Crippen LogP contribution in [0.4, 0.5) is 0 Å². The predicted octanol–water partition coefficient (Wildman–Crippen LogP) is 2.38. The summed E-state index contributed by atoms with van der Waals surface area (Å²) in [5.41, 5.74) is 2.30. The number of pyridine rings is 1. The Morgan fingerprint density at radius 3 is 2.94 bits per heavy atom. The number of carbonyl (C=O) groups excluding carboxylic acids is 1. The molecule has 0 aromatic carbocycles. The van der Waals surface area contributed by atoms with Crippen LogP contribution in [0, 0.1) is 6.92 Å². The van der Waals surface area contributed by atoms with Crippen LogP contribution in [0.25, 0.3) is 11.0 Å². The van der Waals surface area contributed by atoms with Crippen LogP contribution in [0.2, 0.25) is 5.02 Å². The maximum absolute atomic E-state index is 11.0. The van der Waals surface area contributed by atoms with Crippen molar-refractivity contribution in [2.75, 3.05) is 13.2 Å². The molecule has 0 amide bonds. The van der Waals surface area contributed by atoms with Crippen molar-refractivity contribution in [2.24, 2.45) is 0 Å². The first-order valence-corrected chi connectivity index (χ1v) is 5.79. The Balaban J connectivity index is 2.35. The summed E-state index contributed by atoms with van der Waals surface area (Å²) >= 11 is 6.30. The third kappa shape index (κ3) is 1.41. The highest BCUT2D eigenvalue weighted by molar-refractivity contribution is 6.37. The maximum Gasteiger partial charge on any atom is 0.150 e. The Hall–Kier alpha value is -1.39. The zero-order valence-corrected chi connectivity index (χ0v) is 10.1. The molecule has 0 radical (unpaired) electrons. The minimum atomic E-state index is 0.277. The quantitative estimate of drug-likeness (QED) is 0.769. The van der Waals surface area contributed by atoms with Crippen molar-refractivity contribution in [3.8, 4) is 0 Å². The van der Waals surface area contributed by atoms with Gasteiger partial charge in [0.15, 0.2) is 6.29 Å². The summed E-state index contributed by atoms with van der Waals surface area (Å²) in [5.74, 6) is 0.